The molecule has 6 nitrogen and oxygen atoms in total. The predicted molar refractivity (Wildman–Crippen MR) is 130 cm³/mol. The van der Waals surface area contributed by atoms with Crippen molar-refractivity contribution in [1.82, 2.24) is 19.9 Å². The fraction of sp³-hybridized carbons (Fsp3) is 0.231. The first-order chi connectivity index (χ1) is 15.8. The maximum atomic E-state index is 6.18. The SMILES string of the molecule is CC1(C)OB(c2ccc(-c3nc(-c4cccnc4)cc(-c4cccnc4)n3)cc2)OC1(C)C. The second-order valence-electron chi connectivity index (χ2n) is 9.16. The highest BCUT2D eigenvalue weighted by atomic mass is 16.7. The minimum Gasteiger partial charge on any atom is -0.399 e. The van der Waals surface area contributed by atoms with E-state index in [0.717, 1.165) is 33.5 Å². The summed E-state index contributed by atoms with van der Waals surface area (Å²) < 4.78 is 12.4. The van der Waals surface area contributed by atoms with Crippen molar-refractivity contribution in [2.24, 2.45) is 0 Å². The van der Waals surface area contributed by atoms with Crippen LogP contribution in [0.25, 0.3) is 33.9 Å². The van der Waals surface area contributed by atoms with Crippen LogP contribution in [0.5, 0.6) is 0 Å². The minimum atomic E-state index is -0.405. The van der Waals surface area contributed by atoms with Crippen LogP contribution < -0.4 is 5.46 Å². The molecule has 0 unspecified atom stereocenters. The third-order valence-corrected chi connectivity index (χ3v) is 6.34. The molecule has 4 heterocycles. The van der Waals surface area contributed by atoms with E-state index in [2.05, 4.69) is 37.7 Å². The lowest BCUT2D eigenvalue weighted by atomic mass is 9.79. The molecule has 0 atom stereocenters. The Labute approximate surface area is 194 Å². The number of pyridine rings is 2. The molecule has 1 fully saturated rings. The Morgan fingerprint density at radius 3 is 1.64 bits per heavy atom. The molecular formula is C26H25BN4O2. The zero-order valence-electron chi connectivity index (χ0n) is 19.2. The molecule has 164 valence electrons. The first-order valence-electron chi connectivity index (χ1n) is 11.0. The largest absolute Gasteiger partial charge is 0.494 e. The molecule has 5 rings (SSSR count). The van der Waals surface area contributed by atoms with Crippen molar-refractivity contribution in [2.45, 2.75) is 38.9 Å². The zero-order chi connectivity index (χ0) is 23.1. The summed E-state index contributed by atoms with van der Waals surface area (Å²) in [5, 5.41) is 0. The van der Waals surface area contributed by atoms with Crippen LogP contribution in [0.2, 0.25) is 0 Å². The first-order valence-corrected chi connectivity index (χ1v) is 11.0. The van der Waals surface area contributed by atoms with E-state index in [-0.39, 0.29) is 11.2 Å². The normalized spacial score (nSPS) is 16.7. The van der Waals surface area contributed by atoms with Gasteiger partial charge in [-0.1, -0.05) is 24.3 Å². The third kappa shape index (κ3) is 4.17. The van der Waals surface area contributed by atoms with E-state index in [0.29, 0.717) is 5.82 Å². The maximum absolute atomic E-state index is 6.18. The van der Waals surface area contributed by atoms with Crippen LogP contribution >= 0.6 is 0 Å². The van der Waals surface area contributed by atoms with Crippen LogP contribution in [-0.2, 0) is 9.31 Å². The van der Waals surface area contributed by atoms with Crippen LogP contribution in [0.1, 0.15) is 27.7 Å². The summed E-state index contributed by atoms with van der Waals surface area (Å²) in [5.41, 5.74) is 4.59. The first kappa shape index (κ1) is 21.4. The van der Waals surface area contributed by atoms with Crippen LogP contribution in [0.3, 0.4) is 0 Å². The van der Waals surface area contributed by atoms with Gasteiger partial charge in [-0.2, -0.15) is 0 Å². The van der Waals surface area contributed by atoms with E-state index in [9.17, 15) is 0 Å². The molecule has 1 aliphatic rings. The van der Waals surface area contributed by atoms with Crippen molar-refractivity contribution >= 4 is 12.6 Å². The maximum Gasteiger partial charge on any atom is 0.494 e. The molecule has 0 aliphatic carbocycles. The average Bonchev–Trinajstić information content (AvgIpc) is 3.07. The molecular weight excluding hydrogens is 411 g/mol. The van der Waals surface area contributed by atoms with E-state index in [4.69, 9.17) is 19.3 Å². The highest BCUT2D eigenvalue weighted by molar-refractivity contribution is 6.62. The molecule has 0 spiro atoms. The molecule has 1 aromatic carbocycles. The second kappa shape index (κ2) is 8.17. The molecule has 0 saturated carbocycles. The summed E-state index contributed by atoms with van der Waals surface area (Å²) in [5.74, 6) is 0.635. The summed E-state index contributed by atoms with van der Waals surface area (Å²) >= 11 is 0. The van der Waals surface area contributed by atoms with Gasteiger partial charge >= 0.3 is 7.12 Å². The van der Waals surface area contributed by atoms with Crippen molar-refractivity contribution in [1.29, 1.82) is 0 Å². The van der Waals surface area contributed by atoms with E-state index >= 15 is 0 Å². The molecule has 33 heavy (non-hydrogen) atoms. The lowest BCUT2D eigenvalue weighted by Gasteiger charge is -2.32. The number of nitrogens with zero attached hydrogens (tertiary/aromatic N) is 4. The van der Waals surface area contributed by atoms with Crippen LogP contribution in [0.15, 0.2) is 79.4 Å². The van der Waals surface area contributed by atoms with Gasteiger partial charge in [-0.05, 0) is 63.5 Å². The molecule has 1 saturated heterocycles. The average molecular weight is 436 g/mol. The molecule has 0 radical (unpaired) electrons. The lowest BCUT2D eigenvalue weighted by molar-refractivity contribution is 0.00578. The van der Waals surface area contributed by atoms with Gasteiger partial charge in [0.1, 0.15) is 0 Å². The number of aromatic nitrogens is 4. The molecule has 0 bridgehead atoms. The summed E-state index contributed by atoms with van der Waals surface area (Å²) in [6.07, 6.45) is 7.12. The van der Waals surface area contributed by atoms with Gasteiger partial charge in [-0.15, -0.1) is 0 Å². The quantitative estimate of drug-likeness (QED) is 0.437. The standard InChI is InChI=1S/C26H25BN4O2/c1-25(2)26(3,4)33-27(32-25)21-11-9-18(10-12-21)24-30-22(19-7-5-13-28-16-19)15-23(31-24)20-8-6-14-29-17-20/h5-17H,1-4H3. The topological polar surface area (TPSA) is 70.0 Å². The highest BCUT2D eigenvalue weighted by Gasteiger charge is 2.51. The predicted octanol–water partition coefficient (Wildman–Crippen LogP) is 4.57. The fourth-order valence-corrected chi connectivity index (χ4v) is 3.67. The second-order valence-corrected chi connectivity index (χ2v) is 9.16. The van der Waals surface area contributed by atoms with Crippen molar-refractivity contribution in [3.05, 3.63) is 79.4 Å². The van der Waals surface area contributed by atoms with Crippen molar-refractivity contribution in [2.75, 3.05) is 0 Å². The van der Waals surface area contributed by atoms with Crippen LogP contribution in [0, 0.1) is 0 Å². The Balaban J connectivity index is 1.52. The van der Waals surface area contributed by atoms with E-state index < -0.39 is 7.12 Å². The van der Waals surface area contributed by atoms with Gasteiger partial charge < -0.3 is 9.31 Å². The monoisotopic (exact) mass is 436 g/mol. The molecule has 0 amide bonds. The van der Waals surface area contributed by atoms with Gasteiger partial charge in [0.25, 0.3) is 0 Å². The number of benzene rings is 1. The van der Waals surface area contributed by atoms with E-state index in [1.165, 1.54) is 0 Å². The minimum absolute atomic E-state index is 0.379. The lowest BCUT2D eigenvalue weighted by Crippen LogP contribution is -2.41. The Kier molecular flexibility index (Phi) is 5.31. The molecule has 3 aromatic heterocycles. The Hall–Kier alpha value is -3.42. The van der Waals surface area contributed by atoms with Gasteiger partial charge in [-0.25, -0.2) is 9.97 Å². The summed E-state index contributed by atoms with van der Waals surface area (Å²) in [7, 11) is -0.405. The van der Waals surface area contributed by atoms with Gasteiger partial charge in [0.15, 0.2) is 5.82 Å². The molecule has 0 N–H and O–H groups in total. The third-order valence-electron chi connectivity index (χ3n) is 6.34. The van der Waals surface area contributed by atoms with Crippen molar-refractivity contribution in [3.8, 4) is 33.9 Å². The Morgan fingerprint density at radius 1 is 0.667 bits per heavy atom. The van der Waals surface area contributed by atoms with Gasteiger partial charge in [-0.3, -0.25) is 9.97 Å². The van der Waals surface area contributed by atoms with Gasteiger partial charge in [0, 0.05) is 41.5 Å². The molecule has 7 heteroatoms. The smallest absolute Gasteiger partial charge is 0.399 e. The van der Waals surface area contributed by atoms with Crippen LogP contribution in [-0.4, -0.2) is 38.3 Å². The summed E-state index contributed by atoms with van der Waals surface area (Å²) in [6, 6.07) is 17.8. The number of rotatable bonds is 4. The zero-order valence-corrected chi connectivity index (χ0v) is 19.2. The summed E-state index contributed by atoms with van der Waals surface area (Å²) in [4.78, 5) is 18.2. The van der Waals surface area contributed by atoms with Crippen molar-refractivity contribution in [3.63, 3.8) is 0 Å². The van der Waals surface area contributed by atoms with E-state index in [1.54, 1.807) is 24.8 Å². The van der Waals surface area contributed by atoms with Gasteiger partial charge in [0.05, 0.1) is 22.6 Å². The highest BCUT2D eigenvalue weighted by Crippen LogP contribution is 2.36. The molecule has 1 aliphatic heterocycles. The van der Waals surface area contributed by atoms with Crippen LogP contribution in [0.4, 0.5) is 0 Å². The fourth-order valence-electron chi connectivity index (χ4n) is 3.67. The van der Waals surface area contributed by atoms with Crippen molar-refractivity contribution < 1.29 is 9.31 Å². The number of hydrogen-bond donors (Lipinski definition) is 0. The summed E-state index contributed by atoms with van der Waals surface area (Å²) in [6.45, 7) is 8.22. The number of hydrogen-bond acceptors (Lipinski definition) is 6. The Morgan fingerprint density at radius 2 is 1.18 bits per heavy atom. The van der Waals surface area contributed by atoms with Gasteiger partial charge in [0.2, 0.25) is 0 Å². The Bertz CT molecular complexity index is 1190. The van der Waals surface area contributed by atoms with E-state index in [1.807, 2.05) is 54.6 Å². The molecule has 4 aromatic rings.